The van der Waals surface area contributed by atoms with Gasteiger partial charge in [0.2, 0.25) is 0 Å². The van der Waals surface area contributed by atoms with Gasteiger partial charge in [0.15, 0.2) is 0 Å². The highest BCUT2D eigenvalue weighted by molar-refractivity contribution is 5.71. The van der Waals surface area contributed by atoms with Crippen LogP contribution in [0.25, 0.3) is 0 Å². The van der Waals surface area contributed by atoms with Crippen LogP contribution in [0.1, 0.15) is 17.5 Å². The first-order chi connectivity index (χ1) is 10.4. The Kier molecular flexibility index (Phi) is 3.40. The second kappa shape index (κ2) is 5.53. The van der Waals surface area contributed by atoms with Gasteiger partial charge < -0.3 is 10.2 Å². The Morgan fingerprint density at radius 1 is 0.905 bits per heavy atom. The van der Waals surface area contributed by atoms with Gasteiger partial charge >= 0.3 is 0 Å². The molecule has 2 nitrogen and oxygen atoms in total. The van der Waals surface area contributed by atoms with Crippen LogP contribution in [0.2, 0.25) is 0 Å². The van der Waals surface area contributed by atoms with Crippen LogP contribution < -0.4 is 10.2 Å². The van der Waals surface area contributed by atoms with E-state index in [9.17, 15) is 0 Å². The van der Waals surface area contributed by atoms with Crippen LogP contribution in [0, 0.1) is 5.92 Å². The average Bonchev–Trinajstić information content (AvgIpc) is 2.99. The topological polar surface area (TPSA) is 15.3 Å². The van der Waals surface area contributed by atoms with Gasteiger partial charge in [-0.25, -0.2) is 0 Å². The Morgan fingerprint density at radius 3 is 2.10 bits per heavy atom. The maximum Gasteiger partial charge on any atom is 0.0443 e. The number of hydrogen-bond donors (Lipinski definition) is 1. The van der Waals surface area contributed by atoms with Crippen molar-refractivity contribution in [1.29, 1.82) is 0 Å². The monoisotopic (exact) mass is 278 g/mol. The zero-order valence-corrected chi connectivity index (χ0v) is 12.4. The lowest BCUT2D eigenvalue weighted by atomic mass is 10.0. The van der Waals surface area contributed by atoms with Crippen LogP contribution >= 0.6 is 0 Å². The lowest BCUT2D eigenvalue weighted by molar-refractivity contribution is 0.587. The molecule has 2 aliphatic heterocycles. The summed E-state index contributed by atoms with van der Waals surface area (Å²) in [4.78, 5) is 2.56. The number of para-hydroxylation sites is 2. The zero-order chi connectivity index (χ0) is 14.1. The highest BCUT2D eigenvalue weighted by Crippen LogP contribution is 2.36. The van der Waals surface area contributed by atoms with Crippen LogP contribution in [0.4, 0.5) is 11.4 Å². The molecule has 1 saturated heterocycles. The Morgan fingerprint density at radius 2 is 1.52 bits per heavy atom. The molecule has 0 aliphatic carbocycles. The molecular weight excluding hydrogens is 256 g/mol. The summed E-state index contributed by atoms with van der Waals surface area (Å²) in [6, 6.07) is 17.9. The lowest BCUT2D eigenvalue weighted by Gasteiger charge is -2.29. The molecule has 21 heavy (non-hydrogen) atoms. The van der Waals surface area contributed by atoms with Gasteiger partial charge in [0, 0.05) is 17.9 Å². The standard InChI is InChI=1S/C19H22N2/c1-3-7-18-16(5-1)9-10-17-6-2-4-8-19(17)21(18)14-15-11-12-20-13-15/h1-8,15,20H,9-14H2. The van der Waals surface area contributed by atoms with E-state index in [0.29, 0.717) is 0 Å². The highest BCUT2D eigenvalue weighted by atomic mass is 15.2. The first-order valence-corrected chi connectivity index (χ1v) is 8.06. The van der Waals surface area contributed by atoms with Crippen molar-refractivity contribution in [2.45, 2.75) is 19.3 Å². The van der Waals surface area contributed by atoms with Gasteiger partial charge in [0.1, 0.15) is 0 Å². The fraction of sp³-hybridized carbons (Fsp3) is 0.368. The van der Waals surface area contributed by atoms with E-state index >= 15 is 0 Å². The number of rotatable bonds is 2. The Hall–Kier alpha value is -1.80. The Bertz CT molecular complexity index is 581. The van der Waals surface area contributed by atoms with Crippen molar-refractivity contribution < 1.29 is 0 Å². The molecule has 0 aromatic heterocycles. The summed E-state index contributed by atoms with van der Waals surface area (Å²) < 4.78 is 0. The molecule has 4 rings (SSSR count). The molecular formula is C19H22N2. The van der Waals surface area contributed by atoms with Crippen LogP contribution in [-0.4, -0.2) is 19.6 Å². The number of nitrogens with zero attached hydrogens (tertiary/aromatic N) is 1. The molecule has 108 valence electrons. The Balaban J connectivity index is 1.77. The van der Waals surface area contributed by atoms with E-state index in [4.69, 9.17) is 0 Å². The molecule has 2 heteroatoms. The molecule has 2 heterocycles. The minimum absolute atomic E-state index is 0.754. The summed E-state index contributed by atoms with van der Waals surface area (Å²) in [6.45, 7) is 3.45. The van der Waals surface area contributed by atoms with Crippen LogP contribution in [0.5, 0.6) is 0 Å². The molecule has 2 aromatic rings. The van der Waals surface area contributed by atoms with Gasteiger partial charge in [-0.3, -0.25) is 0 Å². The minimum atomic E-state index is 0.754. The number of hydrogen-bond acceptors (Lipinski definition) is 2. The molecule has 0 radical (unpaired) electrons. The summed E-state index contributed by atoms with van der Waals surface area (Å²) in [6.07, 6.45) is 3.58. The van der Waals surface area contributed by atoms with E-state index in [1.807, 2.05) is 0 Å². The van der Waals surface area contributed by atoms with E-state index in [1.165, 1.54) is 35.5 Å². The lowest BCUT2D eigenvalue weighted by Crippen LogP contribution is -2.27. The third kappa shape index (κ3) is 2.44. The van der Waals surface area contributed by atoms with Crippen LogP contribution in [0.15, 0.2) is 48.5 Å². The third-order valence-corrected chi connectivity index (χ3v) is 4.83. The summed E-state index contributed by atoms with van der Waals surface area (Å²) in [7, 11) is 0. The summed E-state index contributed by atoms with van der Waals surface area (Å²) >= 11 is 0. The average molecular weight is 278 g/mol. The molecule has 1 atom stereocenters. The van der Waals surface area contributed by atoms with E-state index < -0.39 is 0 Å². The van der Waals surface area contributed by atoms with E-state index in [2.05, 4.69) is 58.7 Å². The van der Waals surface area contributed by atoms with Crippen molar-refractivity contribution in [3.05, 3.63) is 59.7 Å². The SMILES string of the molecule is c1ccc2c(c1)CCc1ccccc1N2CC1CCNC1. The maximum absolute atomic E-state index is 3.50. The zero-order valence-electron chi connectivity index (χ0n) is 12.4. The second-order valence-electron chi connectivity index (χ2n) is 6.23. The maximum atomic E-state index is 3.50. The molecule has 0 spiro atoms. The second-order valence-corrected chi connectivity index (χ2v) is 6.23. The van der Waals surface area contributed by atoms with E-state index in [0.717, 1.165) is 31.8 Å². The van der Waals surface area contributed by atoms with Crippen molar-refractivity contribution in [1.82, 2.24) is 5.32 Å². The summed E-state index contributed by atoms with van der Waals surface area (Å²) in [5.74, 6) is 0.754. The quantitative estimate of drug-likeness (QED) is 0.904. The predicted octanol–water partition coefficient (Wildman–Crippen LogP) is 3.53. The number of fused-ring (bicyclic) bond motifs is 2. The van der Waals surface area contributed by atoms with Crippen LogP contribution in [0.3, 0.4) is 0 Å². The van der Waals surface area contributed by atoms with Crippen molar-refractivity contribution in [2.75, 3.05) is 24.5 Å². The third-order valence-electron chi connectivity index (χ3n) is 4.83. The van der Waals surface area contributed by atoms with Crippen LogP contribution in [-0.2, 0) is 12.8 Å². The van der Waals surface area contributed by atoms with Crippen molar-refractivity contribution >= 4 is 11.4 Å². The predicted molar refractivity (Wildman–Crippen MR) is 88.3 cm³/mol. The van der Waals surface area contributed by atoms with Gasteiger partial charge in [-0.05, 0) is 61.5 Å². The van der Waals surface area contributed by atoms with Crippen molar-refractivity contribution in [3.8, 4) is 0 Å². The molecule has 1 fully saturated rings. The van der Waals surface area contributed by atoms with E-state index in [1.54, 1.807) is 0 Å². The normalized spacial score (nSPS) is 20.8. The smallest absolute Gasteiger partial charge is 0.0443 e. The largest absolute Gasteiger partial charge is 0.341 e. The first-order valence-electron chi connectivity index (χ1n) is 8.06. The van der Waals surface area contributed by atoms with Crippen molar-refractivity contribution in [2.24, 2.45) is 5.92 Å². The number of aryl methyl sites for hydroxylation is 2. The number of anilines is 2. The Labute approximate surface area is 126 Å². The fourth-order valence-electron chi connectivity index (χ4n) is 3.70. The molecule has 1 unspecified atom stereocenters. The van der Waals surface area contributed by atoms with Gasteiger partial charge in [-0.1, -0.05) is 36.4 Å². The minimum Gasteiger partial charge on any atom is -0.341 e. The van der Waals surface area contributed by atoms with Gasteiger partial charge in [-0.2, -0.15) is 0 Å². The molecule has 0 saturated carbocycles. The van der Waals surface area contributed by atoms with Gasteiger partial charge in [-0.15, -0.1) is 0 Å². The number of benzene rings is 2. The van der Waals surface area contributed by atoms with Gasteiger partial charge in [0.05, 0.1) is 0 Å². The van der Waals surface area contributed by atoms with Gasteiger partial charge in [0.25, 0.3) is 0 Å². The molecule has 0 amide bonds. The first kappa shape index (κ1) is 12.9. The highest BCUT2D eigenvalue weighted by Gasteiger charge is 2.24. The van der Waals surface area contributed by atoms with E-state index in [-0.39, 0.29) is 0 Å². The summed E-state index contributed by atoms with van der Waals surface area (Å²) in [5, 5.41) is 3.50. The summed E-state index contributed by atoms with van der Waals surface area (Å²) in [5.41, 5.74) is 5.79. The molecule has 2 aliphatic rings. The van der Waals surface area contributed by atoms with Crippen molar-refractivity contribution in [3.63, 3.8) is 0 Å². The molecule has 1 N–H and O–H groups in total. The number of nitrogens with one attached hydrogen (secondary N) is 1. The molecule has 0 bridgehead atoms. The fourth-order valence-corrected chi connectivity index (χ4v) is 3.70. The molecule has 2 aromatic carbocycles.